The second kappa shape index (κ2) is 11.2. The van der Waals surface area contributed by atoms with Crippen molar-refractivity contribution in [2.24, 2.45) is 0 Å². The molecule has 3 aromatic heterocycles. The van der Waals surface area contributed by atoms with Crippen molar-refractivity contribution in [3.05, 3.63) is 169 Å². The van der Waals surface area contributed by atoms with E-state index in [1.165, 1.54) is 22.4 Å². The number of aromatic nitrogens is 4. The Bertz CT molecular complexity index is 2690. The maximum atomic E-state index is 6.70. The third-order valence-electron chi connectivity index (χ3n) is 10.2. The number of furan rings is 1. The van der Waals surface area contributed by atoms with Crippen LogP contribution in [-0.2, 0) is 5.41 Å². The zero-order chi connectivity index (χ0) is 34.1. The fourth-order valence-corrected chi connectivity index (χ4v) is 7.78. The summed E-state index contributed by atoms with van der Waals surface area (Å²) < 4.78 is 9.12. The van der Waals surface area contributed by atoms with Gasteiger partial charge < -0.3 is 8.98 Å². The smallest absolute Gasteiger partial charge is 0.164 e. The summed E-state index contributed by atoms with van der Waals surface area (Å²) in [7, 11) is 0. The van der Waals surface area contributed by atoms with E-state index in [1.54, 1.807) is 0 Å². The van der Waals surface area contributed by atoms with E-state index in [2.05, 4.69) is 109 Å². The van der Waals surface area contributed by atoms with Crippen LogP contribution in [0, 0.1) is 0 Å². The quantitative estimate of drug-likeness (QED) is 0.185. The number of hydrogen-bond donors (Lipinski definition) is 0. The first kappa shape index (κ1) is 29.3. The van der Waals surface area contributed by atoms with Crippen LogP contribution in [0.1, 0.15) is 25.1 Å². The summed E-state index contributed by atoms with van der Waals surface area (Å²) in [5.41, 5.74) is 13.9. The van der Waals surface area contributed by atoms with Crippen molar-refractivity contribution in [2.75, 3.05) is 0 Å². The molecule has 5 heteroatoms. The third-order valence-corrected chi connectivity index (χ3v) is 10.2. The van der Waals surface area contributed by atoms with Gasteiger partial charge in [0.25, 0.3) is 0 Å². The van der Waals surface area contributed by atoms with E-state index in [0.29, 0.717) is 17.5 Å². The highest BCUT2D eigenvalue weighted by molar-refractivity contribution is 6.12. The third kappa shape index (κ3) is 4.59. The van der Waals surface area contributed by atoms with Crippen LogP contribution in [0.4, 0.5) is 0 Å². The molecule has 51 heavy (non-hydrogen) atoms. The SMILES string of the molecule is CC1(C)c2ccc(-c3ccc(-c4nc(-c5ccccc5)nc(-c5ccccc5)n4)cc3)cc2-c2c1n(-c1ccccc1)c1c2oc2ccccc21. The van der Waals surface area contributed by atoms with E-state index in [9.17, 15) is 0 Å². The molecule has 1 aliphatic carbocycles. The van der Waals surface area contributed by atoms with Gasteiger partial charge in [-0.1, -0.05) is 141 Å². The van der Waals surface area contributed by atoms with Crippen LogP contribution >= 0.6 is 0 Å². The predicted molar refractivity (Wildman–Crippen MR) is 206 cm³/mol. The molecule has 0 aliphatic heterocycles. The van der Waals surface area contributed by atoms with Crippen molar-refractivity contribution in [3.63, 3.8) is 0 Å². The molecule has 0 atom stereocenters. The van der Waals surface area contributed by atoms with E-state index >= 15 is 0 Å². The second-order valence-corrected chi connectivity index (χ2v) is 13.7. The Morgan fingerprint density at radius 2 is 1.02 bits per heavy atom. The Hall–Kier alpha value is -6.59. The molecule has 0 saturated heterocycles. The minimum absolute atomic E-state index is 0.239. The van der Waals surface area contributed by atoms with Crippen LogP contribution in [0.15, 0.2) is 162 Å². The molecule has 6 aromatic carbocycles. The van der Waals surface area contributed by atoms with Gasteiger partial charge in [-0.25, -0.2) is 15.0 Å². The average Bonchev–Trinajstić information content (AvgIpc) is 3.81. The summed E-state index contributed by atoms with van der Waals surface area (Å²) in [6.45, 7) is 4.66. The largest absolute Gasteiger partial charge is 0.454 e. The minimum Gasteiger partial charge on any atom is -0.454 e. The second-order valence-electron chi connectivity index (χ2n) is 13.7. The monoisotopic (exact) mass is 656 g/mol. The van der Waals surface area contributed by atoms with Gasteiger partial charge >= 0.3 is 0 Å². The highest BCUT2D eigenvalue weighted by Gasteiger charge is 2.43. The van der Waals surface area contributed by atoms with Crippen molar-refractivity contribution in [1.82, 2.24) is 19.5 Å². The van der Waals surface area contributed by atoms with Crippen molar-refractivity contribution >= 4 is 22.1 Å². The maximum Gasteiger partial charge on any atom is 0.164 e. The van der Waals surface area contributed by atoms with E-state index < -0.39 is 0 Å². The summed E-state index contributed by atoms with van der Waals surface area (Å²) in [5.74, 6) is 1.95. The summed E-state index contributed by atoms with van der Waals surface area (Å²) in [6, 6.07) is 54.6. The first-order chi connectivity index (χ1) is 25.0. The minimum atomic E-state index is -0.239. The fourth-order valence-electron chi connectivity index (χ4n) is 7.78. The molecule has 242 valence electrons. The zero-order valence-corrected chi connectivity index (χ0v) is 28.2. The normalized spacial score (nSPS) is 13.1. The number of benzene rings is 6. The lowest BCUT2D eigenvalue weighted by molar-refractivity contribution is 0.624. The van der Waals surface area contributed by atoms with Crippen LogP contribution in [-0.4, -0.2) is 19.5 Å². The van der Waals surface area contributed by atoms with Crippen LogP contribution in [0.2, 0.25) is 0 Å². The molecule has 0 unspecified atom stereocenters. The molecule has 9 aromatic rings. The topological polar surface area (TPSA) is 56.7 Å². The van der Waals surface area contributed by atoms with Crippen molar-refractivity contribution in [3.8, 4) is 62.1 Å². The number of rotatable bonds is 5. The van der Waals surface area contributed by atoms with Gasteiger partial charge in [0.15, 0.2) is 23.1 Å². The Labute approximate surface area is 295 Å². The lowest BCUT2D eigenvalue weighted by Gasteiger charge is -2.24. The Morgan fingerprint density at radius 3 is 1.65 bits per heavy atom. The van der Waals surface area contributed by atoms with E-state index in [-0.39, 0.29) is 5.41 Å². The zero-order valence-electron chi connectivity index (χ0n) is 28.2. The van der Waals surface area contributed by atoms with E-state index in [4.69, 9.17) is 19.4 Å². The molecule has 0 fully saturated rings. The lowest BCUT2D eigenvalue weighted by atomic mass is 9.84. The van der Waals surface area contributed by atoms with Gasteiger partial charge in [0.05, 0.1) is 0 Å². The molecular weight excluding hydrogens is 625 g/mol. The Kier molecular flexibility index (Phi) is 6.46. The summed E-state index contributed by atoms with van der Waals surface area (Å²) in [6.07, 6.45) is 0. The van der Waals surface area contributed by atoms with Crippen molar-refractivity contribution in [1.29, 1.82) is 0 Å². The summed E-state index contributed by atoms with van der Waals surface area (Å²) in [4.78, 5) is 14.7. The molecule has 0 radical (unpaired) electrons. The van der Waals surface area contributed by atoms with E-state index in [1.807, 2.05) is 66.7 Å². The summed E-state index contributed by atoms with van der Waals surface area (Å²) >= 11 is 0. The molecule has 5 nitrogen and oxygen atoms in total. The van der Waals surface area contributed by atoms with Crippen LogP contribution < -0.4 is 0 Å². The number of nitrogens with zero attached hydrogens (tertiary/aromatic N) is 4. The van der Waals surface area contributed by atoms with Gasteiger partial charge in [0, 0.05) is 44.4 Å². The lowest BCUT2D eigenvalue weighted by Crippen LogP contribution is -2.19. The molecule has 0 spiro atoms. The van der Waals surface area contributed by atoms with Gasteiger partial charge in [-0.3, -0.25) is 0 Å². The molecule has 0 bridgehead atoms. The maximum absolute atomic E-state index is 6.70. The summed E-state index contributed by atoms with van der Waals surface area (Å²) in [5, 5.41) is 1.12. The van der Waals surface area contributed by atoms with Gasteiger partial charge in [0.2, 0.25) is 0 Å². The van der Waals surface area contributed by atoms with E-state index in [0.717, 1.165) is 55.6 Å². The number of hydrogen-bond acceptors (Lipinski definition) is 4. The predicted octanol–water partition coefficient (Wildman–Crippen LogP) is 11.5. The molecule has 0 N–H and O–H groups in total. The number of fused-ring (bicyclic) bond motifs is 7. The molecule has 1 aliphatic rings. The Balaban J connectivity index is 1.10. The standard InChI is InChI=1S/C46H32N4O/c1-46(2)37-27-26-33(28-36(37)39-41-40(35-20-12-13-21-38(35)51-41)50(42(39)46)34-18-10-5-11-19-34)29-22-24-32(25-23-29)45-48-43(30-14-6-3-7-15-30)47-44(49-45)31-16-8-4-9-17-31/h3-28H,1-2H3. The number of para-hydroxylation sites is 2. The van der Waals surface area contributed by atoms with Gasteiger partial charge in [-0.15, -0.1) is 0 Å². The fraction of sp³-hybridized carbons (Fsp3) is 0.0652. The van der Waals surface area contributed by atoms with Crippen LogP contribution in [0.25, 0.3) is 84.2 Å². The first-order valence-electron chi connectivity index (χ1n) is 17.3. The molecule has 10 rings (SSSR count). The molecule has 0 saturated carbocycles. The van der Waals surface area contributed by atoms with Gasteiger partial charge in [0.1, 0.15) is 11.1 Å². The highest BCUT2D eigenvalue weighted by Crippen LogP contribution is 2.55. The van der Waals surface area contributed by atoms with Crippen molar-refractivity contribution in [2.45, 2.75) is 19.3 Å². The van der Waals surface area contributed by atoms with Crippen LogP contribution in [0.5, 0.6) is 0 Å². The Morgan fingerprint density at radius 1 is 0.510 bits per heavy atom. The molecule has 3 heterocycles. The van der Waals surface area contributed by atoms with Crippen molar-refractivity contribution < 1.29 is 4.42 Å². The molecular formula is C46H32N4O. The van der Waals surface area contributed by atoms with Gasteiger partial charge in [-0.05, 0) is 52.6 Å². The molecule has 0 amide bonds. The highest BCUT2D eigenvalue weighted by atomic mass is 16.3. The van der Waals surface area contributed by atoms with Gasteiger partial charge in [-0.2, -0.15) is 0 Å². The van der Waals surface area contributed by atoms with Crippen LogP contribution in [0.3, 0.4) is 0 Å². The average molecular weight is 657 g/mol. The first-order valence-corrected chi connectivity index (χ1v) is 17.3.